The highest BCUT2D eigenvalue weighted by Crippen LogP contribution is 2.39. The minimum atomic E-state index is -4.73. The zero-order valence-corrected chi connectivity index (χ0v) is 19.2. The lowest BCUT2D eigenvalue weighted by Gasteiger charge is -2.30. The number of hydrogen-bond donors (Lipinski definition) is 2. The Morgan fingerprint density at radius 2 is 1.91 bits per heavy atom. The predicted octanol–water partition coefficient (Wildman–Crippen LogP) is 2.30. The number of halogens is 3. The molecule has 0 unspecified atom stereocenters. The van der Waals surface area contributed by atoms with Crippen molar-refractivity contribution in [3.05, 3.63) is 29.3 Å². The molecule has 0 fully saturated rings. The first-order chi connectivity index (χ1) is 15.9. The van der Waals surface area contributed by atoms with E-state index in [1.165, 1.54) is 13.0 Å². The summed E-state index contributed by atoms with van der Waals surface area (Å²) >= 11 is 0. The van der Waals surface area contributed by atoms with Gasteiger partial charge < -0.3 is 30.7 Å². The van der Waals surface area contributed by atoms with Gasteiger partial charge in [-0.15, -0.1) is 0 Å². The minimum absolute atomic E-state index is 0.0982. The summed E-state index contributed by atoms with van der Waals surface area (Å²) in [4.78, 5) is 22.9. The molecule has 0 radical (unpaired) electrons. The van der Waals surface area contributed by atoms with Gasteiger partial charge in [0.2, 0.25) is 17.7 Å². The van der Waals surface area contributed by atoms with Crippen molar-refractivity contribution in [1.29, 1.82) is 5.26 Å². The minimum Gasteiger partial charge on any atom is -0.492 e. The van der Waals surface area contributed by atoms with Gasteiger partial charge in [-0.1, -0.05) is 0 Å². The molecule has 0 saturated heterocycles. The monoisotopic (exact) mass is 481 g/mol. The summed E-state index contributed by atoms with van der Waals surface area (Å²) in [5, 5.41) is 9.74. The first-order valence-corrected chi connectivity index (χ1v) is 10.2. The first kappa shape index (κ1) is 26.5. The van der Waals surface area contributed by atoms with Crippen LogP contribution in [0.3, 0.4) is 0 Å². The van der Waals surface area contributed by atoms with Gasteiger partial charge in [0.15, 0.2) is 11.4 Å². The standard InChI is InChI=1S/C21H26F3N7O3/c1-5-33-19-16(11-25)18(28-20(27)29-19)31(12(2)17(26)32)14-8-13(21(22,23)24)9-15(10-14)34-7-6-30(3)4/h8-10,12H,5-7H2,1-4H3,(H2,26,32)(H2,27,28,29)/t12-/m0/s1. The van der Waals surface area contributed by atoms with E-state index in [9.17, 15) is 23.2 Å². The van der Waals surface area contributed by atoms with Gasteiger partial charge in [0.25, 0.3) is 0 Å². The van der Waals surface area contributed by atoms with E-state index in [1.54, 1.807) is 25.9 Å². The summed E-state index contributed by atoms with van der Waals surface area (Å²) in [7, 11) is 3.58. The molecule has 10 nitrogen and oxygen atoms in total. The second-order valence-corrected chi connectivity index (χ2v) is 7.44. The number of nitrogens with two attached hydrogens (primary N) is 2. The molecule has 1 aromatic carbocycles. The Morgan fingerprint density at radius 3 is 2.44 bits per heavy atom. The lowest BCUT2D eigenvalue weighted by atomic mass is 10.1. The molecule has 0 aliphatic rings. The van der Waals surface area contributed by atoms with Crippen molar-refractivity contribution in [1.82, 2.24) is 14.9 Å². The van der Waals surface area contributed by atoms with E-state index in [-0.39, 0.29) is 47.9 Å². The maximum Gasteiger partial charge on any atom is 0.416 e. The summed E-state index contributed by atoms with van der Waals surface area (Å²) < 4.78 is 52.0. The van der Waals surface area contributed by atoms with Gasteiger partial charge in [0.05, 0.1) is 12.2 Å². The number of nitrogens with zero attached hydrogens (tertiary/aromatic N) is 5. The number of primary amides is 1. The fourth-order valence-electron chi connectivity index (χ4n) is 2.93. The van der Waals surface area contributed by atoms with Crippen LogP contribution in [0.1, 0.15) is 25.0 Å². The molecule has 1 heterocycles. The molecule has 184 valence electrons. The molecule has 0 saturated carbocycles. The van der Waals surface area contributed by atoms with Gasteiger partial charge in [0.1, 0.15) is 24.5 Å². The maximum atomic E-state index is 13.7. The van der Waals surface area contributed by atoms with E-state index in [4.69, 9.17) is 20.9 Å². The van der Waals surface area contributed by atoms with Crippen LogP contribution in [0, 0.1) is 11.3 Å². The number of hydrogen-bond acceptors (Lipinski definition) is 9. The number of carbonyl (C=O) groups is 1. The van der Waals surface area contributed by atoms with E-state index in [0.29, 0.717) is 6.54 Å². The Balaban J connectivity index is 2.77. The number of alkyl halides is 3. The average Bonchev–Trinajstić information content (AvgIpc) is 2.73. The predicted molar refractivity (Wildman–Crippen MR) is 119 cm³/mol. The number of amides is 1. The van der Waals surface area contributed by atoms with Crippen LogP contribution in [-0.4, -0.2) is 60.7 Å². The molecule has 0 aliphatic carbocycles. The number of benzene rings is 1. The fourth-order valence-corrected chi connectivity index (χ4v) is 2.93. The number of ether oxygens (including phenoxy) is 2. The quantitative estimate of drug-likeness (QED) is 0.522. The maximum absolute atomic E-state index is 13.7. The van der Waals surface area contributed by atoms with Crippen LogP contribution in [0.15, 0.2) is 18.2 Å². The van der Waals surface area contributed by atoms with Gasteiger partial charge in [-0.2, -0.15) is 28.4 Å². The van der Waals surface area contributed by atoms with Crippen LogP contribution in [-0.2, 0) is 11.0 Å². The Hall–Kier alpha value is -3.79. The second-order valence-electron chi connectivity index (χ2n) is 7.44. The van der Waals surface area contributed by atoms with Crippen LogP contribution >= 0.6 is 0 Å². The molecule has 0 spiro atoms. The summed E-state index contributed by atoms with van der Waals surface area (Å²) in [5.41, 5.74) is 9.85. The summed E-state index contributed by atoms with van der Waals surface area (Å²) in [6, 6.07) is 3.58. The smallest absolute Gasteiger partial charge is 0.416 e. The van der Waals surface area contributed by atoms with Crippen LogP contribution < -0.4 is 25.8 Å². The van der Waals surface area contributed by atoms with E-state index in [0.717, 1.165) is 17.0 Å². The van der Waals surface area contributed by atoms with Crippen LogP contribution in [0.4, 0.5) is 30.6 Å². The molecule has 0 aliphatic heterocycles. The van der Waals surface area contributed by atoms with Crippen molar-refractivity contribution in [2.45, 2.75) is 26.1 Å². The molecule has 34 heavy (non-hydrogen) atoms. The number of carbonyl (C=O) groups excluding carboxylic acids is 1. The molecular formula is C21H26F3N7O3. The van der Waals surface area contributed by atoms with E-state index in [2.05, 4.69) is 9.97 Å². The average molecular weight is 481 g/mol. The normalized spacial score (nSPS) is 12.2. The number of likely N-dealkylation sites (N-methyl/N-ethyl adjacent to an activating group) is 1. The highest BCUT2D eigenvalue weighted by Gasteiger charge is 2.34. The van der Waals surface area contributed by atoms with Gasteiger partial charge in [-0.3, -0.25) is 4.79 Å². The van der Waals surface area contributed by atoms with Crippen molar-refractivity contribution < 1.29 is 27.4 Å². The molecule has 13 heteroatoms. The van der Waals surface area contributed by atoms with E-state index >= 15 is 0 Å². The van der Waals surface area contributed by atoms with Gasteiger partial charge in [-0.25, -0.2) is 0 Å². The Morgan fingerprint density at radius 1 is 1.24 bits per heavy atom. The zero-order valence-electron chi connectivity index (χ0n) is 19.2. The van der Waals surface area contributed by atoms with Gasteiger partial charge in [0, 0.05) is 18.3 Å². The third-order valence-electron chi connectivity index (χ3n) is 4.60. The zero-order chi connectivity index (χ0) is 25.6. The highest BCUT2D eigenvalue weighted by atomic mass is 19.4. The fraction of sp³-hybridized carbons (Fsp3) is 0.429. The summed E-state index contributed by atoms with van der Waals surface area (Å²) in [6.07, 6.45) is -4.73. The third-order valence-corrected chi connectivity index (χ3v) is 4.60. The van der Waals surface area contributed by atoms with E-state index in [1.807, 2.05) is 6.07 Å². The Bertz CT molecular complexity index is 1070. The van der Waals surface area contributed by atoms with Crippen LogP contribution in [0.25, 0.3) is 0 Å². The highest BCUT2D eigenvalue weighted by molar-refractivity contribution is 5.87. The van der Waals surface area contributed by atoms with Gasteiger partial charge >= 0.3 is 6.18 Å². The lowest BCUT2D eigenvalue weighted by molar-refractivity contribution is -0.137. The van der Waals surface area contributed by atoms with E-state index < -0.39 is 23.7 Å². The van der Waals surface area contributed by atoms with Gasteiger partial charge in [-0.05, 0) is 40.1 Å². The molecule has 1 aromatic heterocycles. The number of nitrogen functional groups attached to an aromatic ring is 1. The number of nitriles is 1. The Kier molecular flexibility index (Phi) is 8.47. The molecule has 4 N–H and O–H groups in total. The lowest BCUT2D eigenvalue weighted by Crippen LogP contribution is -2.41. The van der Waals surface area contributed by atoms with Crippen molar-refractivity contribution in [2.75, 3.05) is 44.5 Å². The molecule has 2 rings (SSSR count). The molecule has 1 atom stereocenters. The molecule has 2 aromatic rings. The third kappa shape index (κ3) is 6.38. The topological polar surface area (TPSA) is 144 Å². The SMILES string of the molecule is CCOc1nc(N)nc(N(c2cc(OCCN(C)C)cc(C(F)(F)F)c2)[C@@H](C)C(N)=O)c1C#N. The van der Waals surface area contributed by atoms with Crippen molar-refractivity contribution in [3.8, 4) is 17.7 Å². The van der Waals surface area contributed by atoms with Crippen molar-refractivity contribution in [3.63, 3.8) is 0 Å². The van der Waals surface area contributed by atoms with Crippen LogP contribution in [0.2, 0.25) is 0 Å². The molecule has 1 amide bonds. The number of aromatic nitrogens is 2. The first-order valence-electron chi connectivity index (χ1n) is 10.2. The van der Waals surface area contributed by atoms with Crippen molar-refractivity contribution in [2.24, 2.45) is 5.73 Å². The molecule has 0 bridgehead atoms. The number of rotatable bonds is 10. The molecular weight excluding hydrogens is 455 g/mol. The Labute approximate surface area is 194 Å². The summed E-state index contributed by atoms with van der Waals surface area (Å²) in [6.45, 7) is 3.69. The van der Waals surface area contributed by atoms with Crippen LogP contribution in [0.5, 0.6) is 11.6 Å². The largest absolute Gasteiger partial charge is 0.492 e. The van der Waals surface area contributed by atoms with Crippen molar-refractivity contribution >= 4 is 23.4 Å². The summed E-state index contributed by atoms with van der Waals surface area (Å²) in [5.74, 6) is -1.70. The number of anilines is 3. The second kappa shape index (κ2) is 10.9.